The summed E-state index contributed by atoms with van der Waals surface area (Å²) >= 11 is 0. The fourth-order valence-electron chi connectivity index (χ4n) is 2.27. The third-order valence-corrected chi connectivity index (χ3v) is 3.64. The molecule has 1 aromatic heterocycles. The molecule has 0 aliphatic carbocycles. The molecule has 0 fully saturated rings. The molecule has 2 N–H and O–H groups in total. The smallest absolute Gasteiger partial charge is 0.138 e. The molecule has 5 heteroatoms. The standard InChI is InChI=1S/C16H21FN2O2/c1-10(18-9-15-11(2)19-21-12(15)3)8-16(20)13-4-6-14(17)7-5-13/h4-7,10,16,18,20H,8-9H2,1-3H3/t10-,16-/m0/s1. The number of benzene rings is 1. The fraction of sp³-hybridized carbons (Fsp3) is 0.438. The molecular weight excluding hydrogens is 271 g/mol. The minimum Gasteiger partial charge on any atom is -0.388 e. The van der Waals surface area contributed by atoms with Gasteiger partial charge in [0.2, 0.25) is 0 Å². The normalized spacial score (nSPS) is 14.1. The number of aryl methyl sites for hydroxylation is 2. The zero-order valence-electron chi connectivity index (χ0n) is 12.6. The van der Waals surface area contributed by atoms with Crippen LogP contribution in [0.3, 0.4) is 0 Å². The first-order chi connectivity index (χ1) is 9.97. The molecule has 0 radical (unpaired) electrons. The zero-order chi connectivity index (χ0) is 15.4. The van der Waals surface area contributed by atoms with Crippen LogP contribution in [0.4, 0.5) is 4.39 Å². The van der Waals surface area contributed by atoms with E-state index in [1.54, 1.807) is 12.1 Å². The van der Waals surface area contributed by atoms with Gasteiger partial charge in [-0.05, 0) is 44.9 Å². The number of aliphatic hydroxyl groups is 1. The van der Waals surface area contributed by atoms with Crippen molar-refractivity contribution in [3.05, 3.63) is 52.7 Å². The Labute approximate surface area is 124 Å². The summed E-state index contributed by atoms with van der Waals surface area (Å²) in [5, 5.41) is 17.4. The van der Waals surface area contributed by atoms with Crippen LogP contribution in [0.2, 0.25) is 0 Å². The number of nitrogens with one attached hydrogen (secondary N) is 1. The van der Waals surface area contributed by atoms with E-state index in [2.05, 4.69) is 10.5 Å². The Hall–Kier alpha value is -1.72. The summed E-state index contributed by atoms with van der Waals surface area (Å²) in [6.45, 7) is 6.45. The van der Waals surface area contributed by atoms with E-state index in [-0.39, 0.29) is 11.9 Å². The van der Waals surface area contributed by atoms with Crippen LogP contribution in [0.1, 0.15) is 42.0 Å². The highest BCUT2D eigenvalue weighted by Gasteiger charge is 2.14. The second kappa shape index (κ2) is 6.83. The molecule has 0 aliphatic heterocycles. The van der Waals surface area contributed by atoms with E-state index in [9.17, 15) is 9.50 Å². The summed E-state index contributed by atoms with van der Waals surface area (Å²) < 4.78 is 18.0. The van der Waals surface area contributed by atoms with E-state index in [1.165, 1.54) is 12.1 Å². The molecule has 2 aromatic rings. The van der Waals surface area contributed by atoms with Crippen molar-refractivity contribution in [3.63, 3.8) is 0 Å². The van der Waals surface area contributed by atoms with Crippen molar-refractivity contribution < 1.29 is 14.0 Å². The fourth-order valence-corrected chi connectivity index (χ4v) is 2.27. The van der Waals surface area contributed by atoms with Crippen molar-refractivity contribution in [1.82, 2.24) is 10.5 Å². The Kier molecular flexibility index (Phi) is 5.09. The van der Waals surface area contributed by atoms with E-state index >= 15 is 0 Å². The van der Waals surface area contributed by atoms with Gasteiger partial charge in [0.15, 0.2) is 0 Å². The molecule has 114 valence electrons. The lowest BCUT2D eigenvalue weighted by molar-refractivity contribution is 0.153. The molecule has 0 bridgehead atoms. The second-order valence-corrected chi connectivity index (χ2v) is 5.39. The van der Waals surface area contributed by atoms with E-state index < -0.39 is 6.10 Å². The van der Waals surface area contributed by atoms with Crippen molar-refractivity contribution in [1.29, 1.82) is 0 Å². The molecule has 2 rings (SSSR count). The van der Waals surface area contributed by atoms with Crippen molar-refractivity contribution in [2.45, 2.75) is 45.9 Å². The average molecular weight is 292 g/mol. The number of halogens is 1. The van der Waals surface area contributed by atoms with Crippen molar-refractivity contribution in [3.8, 4) is 0 Å². The Morgan fingerprint density at radius 2 is 1.95 bits per heavy atom. The molecule has 4 nitrogen and oxygen atoms in total. The van der Waals surface area contributed by atoms with Gasteiger partial charge in [0.25, 0.3) is 0 Å². The highest BCUT2D eigenvalue weighted by Crippen LogP contribution is 2.19. The van der Waals surface area contributed by atoms with Gasteiger partial charge < -0.3 is 14.9 Å². The first-order valence-electron chi connectivity index (χ1n) is 7.06. The maximum Gasteiger partial charge on any atom is 0.138 e. The average Bonchev–Trinajstić information content (AvgIpc) is 2.76. The molecular formula is C16H21FN2O2. The van der Waals surface area contributed by atoms with Crippen molar-refractivity contribution >= 4 is 0 Å². The summed E-state index contributed by atoms with van der Waals surface area (Å²) in [7, 11) is 0. The Morgan fingerprint density at radius 3 is 2.52 bits per heavy atom. The largest absolute Gasteiger partial charge is 0.388 e. The SMILES string of the molecule is Cc1noc(C)c1CN[C@@H](C)C[C@H](O)c1ccc(F)cc1. The van der Waals surface area contributed by atoms with E-state index in [0.717, 1.165) is 22.6 Å². The molecule has 0 saturated carbocycles. The predicted octanol–water partition coefficient (Wildman–Crippen LogP) is 3.03. The minimum atomic E-state index is -0.613. The van der Waals surface area contributed by atoms with Gasteiger partial charge in [0, 0.05) is 18.2 Å². The number of nitrogens with zero attached hydrogens (tertiary/aromatic N) is 1. The van der Waals surface area contributed by atoms with E-state index in [1.807, 2.05) is 20.8 Å². The summed E-state index contributed by atoms with van der Waals surface area (Å²) in [6.07, 6.45) is -0.0626. The predicted molar refractivity (Wildman–Crippen MR) is 78.3 cm³/mol. The van der Waals surface area contributed by atoms with Gasteiger partial charge in [-0.1, -0.05) is 17.3 Å². The Bertz CT molecular complexity index is 561. The number of aromatic nitrogens is 1. The summed E-state index contributed by atoms with van der Waals surface area (Å²) in [5.74, 6) is 0.516. The molecule has 0 saturated heterocycles. The Morgan fingerprint density at radius 1 is 1.29 bits per heavy atom. The first kappa shape index (κ1) is 15.7. The molecule has 0 aliphatic rings. The highest BCUT2D eigenvalue weighted by molar-refractivity contribution is 5.21. The molecule has 1 heterocycles. The zero-order valence-corrected chi connectivity index (χ0v) is 12.6. The number of aliphatic hydroxyl groups excluding tert-OH is 1. The molecule has 2 atom stereocenters. The van der Waals surface area contributed by atoms with Crippen molar-refractivity contribution in [2.24, 2.45) is 0 Å². The van der Waals surface area contributed by atoms with E-state index in [4.69, 9.17) is 4.52 Å². The lowest BCUT2D eigenvalue weighted by atomic mass is 10.0. The van der Waals surface area contributed by atoms with E-state index in [0.29, 0.717) is 13.0 Å². The maximum atomic E-state index is 12.9. The number of hydrogen-bond donors (Lipinski definition) is 2. The number of hydrogen-bond acceptors (Lipinski definition) is 4. The third-order valence-electron chi connectivity index (χ3n) is 3.64. The van der Waals surface area contributed by atoms with Crippen LogP contribution < -0.4 is 5.32 Å². The van der Waals surface area contributed by atoms with Gasteiger partial charge in [-0.2, -0.15) is 0 Å². The summed E-state index contributed by atoms with van der Waals surface area (Å²) in [6, 6.07) is 6.06. The van der Waals surface area contributed by atoms with Gasteiger partial charge >= 0.3 is 0 Å². The quantitative estimate of drug-likeness (QED) is 0.859. The molecule has 21 heavy (non-hydrogen) atoms. The van der Waals surface area contributed by atoms with Crippen LogP contribution >= 0.6 is 0 Å². The molecule has 0 spiro atoms. The van der Waals surface area contributed by atoms with Crippen LogP contribution in [-0.4, -0.2) is 16.3 Å². The number of rotatable bonds is 6. The van der Waals surface area contributed by atoms with Gasteiger partial charge in [-0.25, -0.2) is 4.39 Å². The minimum absolute atomic E-state index is 0.110. The first-order valence-corrected chi connectivity index (χ1v) is 7.06. The van der Waals surface area contributed by atoms with Crippen LogP contribution in [0.25, 0.3) is 0 Å². The molecule has 1 aromatic carbocycles. The summed E-state index contributed by atoms with van der Waals surface area (Å²) in [4.78, 5) is 0. The lowest BCUT2D eigenvalue weighted by Crippen LogP contribution is -2.27. The van der Waals surface area contributed by atoms with Crippen molar-refractivity contribution in [2.75, 3.05) is 0 Å². The van der Waals surface area contributed by atoms with Crippen LogP contribution in [0.5, 0.6) is 0 Å². The monoisotopic (exact) mass is 292 g/mol. The maximum absolute atomic E-state index is 12.9. The van der Waals surface area contributed by atoms with Gasteiger partial charge in [0.05, 0.1) is 11.8 Å². The van der Waals surface area contributed by atoms with Crippen LogP contribution in [0, 0.1) is 19.7 Å². The molecule has 0 amide bonds. The second-order valence-electron chi connectivity index (χ2n) is 5.39. The van der Waals surface area contributed by atoms with Gasteiger partial charge in [0.1, 0.15) is 11.6 Å². The lowest BCUT2D eigenvalue weighted by Gasteiger charge is -2.18. The van der Waals surface area contributed by atoms with Gasteiger partial charge in [-0.15, -0.1) is 0 Å². The molecule has 0 unspecified atom stereocenters. The van der Waals surface area contributed by atoms with Gasteiger partial charge in [-0.3, -0.25) is 0 Å². The Balaban J connectivity index is 1.87. The highest BCUT2D eigenvalue weighted by atomic mass is 19.1. The third kappa shape index (κ3) is 4.12. The van der Waals surface area contributed by atoms with Crippen LogP contribution in [0.15, 0.2) is 28.8 Å². The topological polar surface area (TPSA) is 58.3 Å². The summed E-state index contributed by atoms with van der Waals surface area (Å²) in [5.41, 5.74) is 2.66. The van der Waals surface area contributed by atoms with Crippen LogP contribution in [-0.2, 0) is 6.54 Å².